The number of nitrogens with two attached hydrogens (primary N) is 1. The monoisotopic (exact) mass is 297 g/mol. The first-order valence-electron chi connectivity index (χ1n) is 6.24. The summed E-state index contributed by atoms with van der Waals surface area (Å²) < 4.78 is 1.03. The number of aromatic nitrogens is 1. The SMILES string of the molecule is CN1CCCCC(CN)C1c1ccc(Br)cn1. The van der Waals surface area contributed by atoms with Crippen molar-refractivity contribution in [3.63, 3.8) is 0 Å². The van der Waals surface area contributed by atoms with E-state index in [1.54, 1.807) is 0 Å². The van der Waals surface area contributed by atoms with Crippen LogP contribution in [0.2, 0.25) is 0 Å². The van der Waals surface area contributed by atoms with Gasteiger partial charge in [0, 0.05) is 10.7 Å². The zero-order valence-corrected chi connectivity index (χ0v) is 11.9. The quantitative estimate of drug-likeness (QED) is 0.912. The molecule has 2 atom stereocenters. The third-order valence-corrected chi connectivity index (χ3v) is 4.08. The first-order chi connectivity index (χ1) is 8.22. The molecule has 1 saturated heterocycles. The second-order valence-corrected chi connectivity index (χ2v) is 5.73. The zero-order valence-electron chi connectivity index (χ0n) is 10.3. The van der Waals surface area contributed by atoms with Gasteiger partial charge in [0.05, 0.1) is 11.7 Å². The van der Waals surface area contributed by atoms with Crippen LogP contribution in [0.15, 0.2) is 22.8 Å². The van der Waals surface area contributed by atoms with Gasteiger partial charge in [-0.05, 0) is 67.0 Å². The molecular formula is C13H20BrN3. The van der Waals surface area contributed by atoms with Gasteiger partial charge in [-0.3, -0.25) is 9.88 Å². The molecule has 1 fully saturated rings. The highest BCUT2D eigenvalue weighted by molar-refractivity contribution is 9.10. The molecule has 2 unspecified atom stereocenters. The van der Waals surface area contributed by atoms with Crippen molar-refractivity contribution in [2.45, 2.75) is 25.3 Å². The summed E-state index contributed by atoms with van der Waals surface area (Å²) in [4.78, 5) is 6.95. The molecule has 17 heavy (non-hydrogen) atoms. The smallest absolute Gasteiger partial charge is 0.0579 e. The topological polar surface area (TPSA) is 42.1 Å². The fourth-order valence-corrected chi connectivity index (χ4v) is 2.94. The molecule has 2 N–H and O–H groups in total. The van der Waals surface area contributed by atoms with Crippen molar-refractivity contribution in [3.8, 4) is 0 Å². The van der Waals surface area contributed by atoms with E-state index in [2.05, 4.69) is 45.0 Å². The summed E-state index contributed by atoms with van der Waals surface area (Å²) in [6, 6.07) is 4.55. The van der Waals surface area contributed by atoms with Crippen LogP contribution in [-0.4, -0.2) is 30.0 Å². The normalized spacial score (nSPS) is 26.8. The molecule has 94 valence electrons. The van der Waals surface area contributed by atoms with Crippen LogP contribution in [0.4, 0.5) is 0 Å². The minimum absolute atomic E-state index is 0.371. The highest BCUT2D eigenvalue weighted by atomic mass is 79.9. The Hall–Kier alpha value is -0.450. The summed E-state index contributed by atoms with van der Waals surface area (Å²) >= 11 is 3.43. The molecule has 0 aromatic carbocycles. The van der Waals surface area contributed by atoms with E-state index in [9.17, 15) is 0 Å². The van der Waals surface area contributed by atoms with Gasteiger partial charge in [0.2, 0.25) is 0 Å². The summed E-state index contributed by atoms with van der Waals surface area (Å²) in [6.07, 6.45) is 5.63. The van der Waals surface area contributed by atoms with Crippen molar-refractivity contribution < 1.29 is 0 Å². The Labute approximate surface area is 112 Å². The Kier molecular flexibility index (Phi) is 4.54. The predicted molar refractivity (Wildman–Crippen MR) is 73.7 cm³/mol. The molecule has 0 radical (unpaired) electrons. The lowest BCUT2D eigenvalue weighted by Crippen LogP contribution is -2.33. The highest BCUT2D eigenvalue weighted by Crippen LogP contribution is 2.32. The Morgan fingerprint density at radius 3 is 2.94 bits per heavy atom. The maximum atomic E-state index is 5.93. The summed E-state index contributed by atoms with van der Waals surface area (Å²) in [5.41, 5.74) is 7.08. The molecule has 0 amide bonds. The van der Waals surface area contributed by atoms with Crippen molar-refractivity contribution >= 4 is 15.9 Å². The van der Waals surface area contributed by atoms with Crippen LogP contribution >= 0.6 is 15.9 Å². The van der Waals surface area contributed by atoms with E-state index < -0.39 is 0 Å². The lowest BCUT2D eigenvalue weighted by molar-refractivity contribution is 0.191. The van der Waals surface area contributed by atoms with Crippen molar-refractivity contribution in [2.75, 3.05) is 20.1 Å². The molecule has 2 rings (SSSR count). The van der Waals surface area contributed by atoms with Crippen LogP contribution in [0, 0.1) is 5.92 Å². The van der Waals surface area contributed by atoms with Crippen molar-refractivity contribution in [3.05, 3.63) is 28.5 Å². The molecule has 0 bridgehead atoms. The van der Waals surface area contributed by atoms with Crippen LogP contribution in [0.5, 0.6) is 0 Å². The average Bonchev–Trinajstić information content (AvgIpc) is 2.52. The second-order valence-electron chi connectivity index (χ2n) is 4.82. The fourth-order valence-electron chi connectivity index (χ4n) is 2.70. The molecule has 1 aromatic heterocycles. The van der Waals surface area contributed by atoms with E-state index in [0.29, 0.717) is 12.0 Å². The molecule has 0 aliphatic carbocycles. The number of nitrogens with zero attached hydrogens (tertiary/aromatic N) is 2. The number of rotatable bonds is 2. The highest BCUT2D eigenvalue weighted by Gasteiger charge is 2.28. The number of halogens is 1. The number of pyridine rings is 1. The third-order valence-electron chi connectivity index (χ3n) is 3.61. The van der Waals surface area contributed by atoms with Crippen molar-refractivity contribution in [1.29, 1.82) is 0 Å². The van der Waals surface area contributed by atoms with E-state index in [-0.39, 0.29) is 0 Å². The van der Waals surface area contributed by atoms with E-state index >= 15 is 0 Å². The number of hydrogen-bond acceptors (Lipinski definition) is 3. The summed E-state index contributed by atoms with van der Waals surface area (Å²) in [7, 11) is 2.18. The minimum Gasteiger partial charge on any atom is -0.330 e. The van der Waals surface area contributed by atoms with Gasteiger partial charge in [0.25, 0.3) is 0 Å². The van der Waals surface area contributed by atoms with Gasteiger partial charge in [-0.2, -0.15) is 0 Å². The van der Waals surface area contributed by atoms with Crippen LogP contribution in [0.25, 0.3) is 0 Å². The van der Waals surface area contributed by atoms with Gasteiger partial charge < -0.3 is 5.73 Å². The molecule has 1 aromatic rings. The van der Waals surface area contributed by atoms with Gasteiger partial charge >= 0.3 is 0 Å². The molecular weight excluding hydrogens is 278 g/mol. The lowest BCUT2D eigenvalue weighted by atomic mass is 9.92. The maximum absolute atomic E-state index is 5.93. The first-order valence-corrected chi connectivity index (χ1v) is 7.03. The van der Waals surface area contributed by atoms with E-state index in [1.165, 1.54) is 19.3 Å². The van der Waals surface area contributed by atoms with Gasteiger partial charge in [-0.15, -0.1) is 0 Å². The molecule has 0 spiro atoms. The molecule has 1 aliphatic rings. The van der Waals surface area contributed by atoms with E-state index in [0.717, 1.165) is 23.3 Å². The van der Waals surface area contributed by atoms with Crippen LogP contribution < -0.4 is 5.73 Å². The van der Waals surface area contributed by atoms with E-state index in [4.69, 9.17) is 5.73 Å². The maximum Gasteiger partial charge on any atom is 0.0579 e. The largest absolute Gasteiger partial charge is 0.330 e. The summed E-state index contributed by atoms with van der Waals surface area (Å²) in [5.74, 6) is 0.524. The van der Waals surface area contributed by atoms with Gasteiger partial charge in [0.1, 0.15) is 0 Å². The average molecular weight is 298 g/mol. The predicted octanol–water partition coefficient (Wildman–Crippen LogP) is 2.58. The molecule has 3 nitrogen and oxygen atoms in total. The summed E-state index contributed by atoms with van der Waals surface area (Å²) in [6.45, 7) is 1.88. The molecule has 0 saturated carbocycles. The lowest BCUT2D eigenvalue weighted by Gasteiger charge is -2.31. The Balaban J connectivity index is 2.26. The zero-order chi connectivity index (χ0) is 12.3. The standard InChI is InChI=1S/C13H20BrN3/c1-17-7-3-2-4-10(8-15)13(17)12-6-5-11(14)9-16-12/h5-6,9-10,13H,2-4,7-8,15H2,1H3. The van der Waals surface area contributed by atoms with Gasteiger partial charge in [-0.25, -0.2) is 0 Å². The van der Waals surface area contributed by atoms with Crippen LogP contribution in [0.3, 0.4) is 0 Å². The molecule has 4 heteroatoms. The summed E-state index contributed by atoms with van der Waals surface area (Å²) in [5, 5.41) is 0. The Morgan fingerprint density at radius 1 is 1.47 bits per heavy atom. The van der Waals surface area contributed by atoms with Crippen molar-refractivity contribution in [2.24, 2.45) is 11.7 Å². The van der Waals surface area contributed by atoms with Crippen molar-refractivity contribution in [1.82, 2.24) is 9.88 Å². The van der Waals surface area contributed by atoms with Crippen LogP contribution in [-0.2, 0) is 0 Å². The molecule has 1 aliphatic heterocycles. The number of likely N-dealkylation sites (tertiary alicyclic amines) is 1. The minimum atomic E-state index is 0.371. The van der Waals surface area contributed by atoms with Gasteiger partial charge in [0.15, 0.2) is 0 Å². The third kappa shape index (κ3) is 3.06. The molecule has 2 heterocycles. The Morgan fingerprint density at radius 2 is 2.29 bits per heavy atom. The number of hydrogen-bond donors (Lipinski definition) is 1. The van der Waals surface area contributed by atoms with Crippen LogP contribution in [0.1, 0.15) is 31.0 Å². The Bertz CT molecular complexity index is 352. The second kappa shape index (κ2) is 5.94. The van der Waals surface area contributed by atoms with E-state index in [1.807, 2.05) is 6.20 Å². The fraction of sp³-hybridized carbons (Fsp3) is 0.615. The van der Waals surface area contributed by atoms with Gasteiger partial charge in [-0.1, -0.05) is 6.42 Å². The first kappa shape index (κ1) is 13.0.